The number of benzene rings is 1. The minimum atomic E-state index is -0.623. The number of anilines is 1. The number of carbonyl (C=O) groups is 1. The molecule has 86 valence electrons. The van der Waals surface area contributed by atoms with Crippen LogP contribution in [0.5, 0.6) is 0 Å². The number of hydrogen-bond acceptors (Lipinski definition) is 3. The number of fused-ring (bicyclic) bond motifs is 1. The second-order valence-corrected chi connectivity index (χ2v) is 4.47. The van der Waals surface area contributed by atoms with E-state index in [4.69, 9.17) is 16.3 Å². The Morgan fingerprint density at radius 3 is 3.00 bits per heavy atom. The number of hydrogen-bond donors (Lipinski definition) is 1. The van der Waals surface area contributed by atoms with Gasteiger partial charge < -0.3 is 10.1 Å². The molecule has 0 spiro atoms. The molecule has 0 saturated heterocycles. The lowest BCUT2D eigenvalue weighted by Crippen LogP contribution is -2.45. The van der Waals surface area contributed by atoms with E-state index < -0.39 is 5.54 Å². The number of methoxy groups -OCH3 is 1. The molecule has 0 fully saturated rings. The van der Waals surface area contributed by atoms with Crippen LogP contribution in [0.25, 0.3) is 0 Å². The van der Waals surface area contributed by atoms with Crippen molar-refractivity contribution in [1.82, 2.24) is 0 Å². The standard InChI is InChI=1S/C12H14ClNO2/c1-3-12(11(15)16-2)7-8-4-5-9(13)6-10(8)14-12/h4-6,14H,3,7H2,1-2H3. The molecule has 3 nitrogen and oxygen atoms in total. The summed E-state index contributed by atoms with van der Waals surface area (Å²) in [7, 11) is 1.41. The number of carbonyl (C=O) groups excluding carboxylic acids is 1. The quantitative estimate of drug-likeness (QED) is 0.807. The molecule has 16 heavy (non-hydrogen) atoms. The summed E-state index contributed by atoms with van der Waals surface area (Å²) < 4.78 is 4.86. The predicted octanol–water partition coefficient (Wildman–Crippen LogP) is 2.63. The second kappa shape index (κ2) is 3.98. The van der Waals surface area contributed by atoms with Crippen LogP contribution in [0.15, 0.2) is 18.2 Å². The van der Waals surface area contributed by atoms with Crippen LogP contribution in [0, 0.1) is 0 Å². The Morgan fingerprint density at radius 2 is 2.38 bits per heavy atom. The van der Waals surface area contributed by atoms with E-state index in [1.165, 1.54) is 7.11 Å². The molecular weight excluding hydrogens is 226 g/mol. The van der Waals surface area contributed by atoms with E-state index in [1.807, 2.05) is 25.1 Å². The number of halogens is 1. The molecule has 2 rings (SSSR count). The van der Waals surface area contributed by atoms with Gasteiger partial charge in [-0.3, -0.25) is 0 Å². The van der Waals surface area contributed by atoms with E-state index in [0.29, 0.717) is 17.9 Å². The van der Waals surface area contributed by atoms with Crippen molar-refractivity contribution in [3.63, 3.8) is 0 Å². The predicted molar refractivity (Wildman–Crippen MR) is 63.8 cm³/mol. The van der Waals surface area contributed by atoms with Gasteiger partial charge in [-0.1, -0.05) is 24.6 Å². The summed E-state index contributed by atoms with van der Waals surface area (Å²) in [6.07, 6.45) is 1.34. The van der Waals surface area contributed by atoms with Gasteiger partial charge >= 0.3 is 5.97 Å². The van der Waals surface area contributed by atoms with Gasteiger partial charge in [0.2, 0.25) is 0 Å². The van der Waals surface area contributed by atoms with Gasteiger partial charge in [0.15, 0.2) is 0 Å². The maximum absolute atomic E-state index is 11.8. The van der Waals surface area contributed by atoms with Crippen LogP contribution in [0.3, 0.4) is 0 Å². The van der Waals surface area contributed by atoms with Crippen molar-refractivity contribution in [1.29, 1.82) is 0 Å². The molecular formula is C12H14ClNO2. The maximum atomic E-state index is 11.8. The van der Waals surface area contributed by atoms with Crippen LogP contribution < -0.4 is 5.32 Å². The average molecular weight is 240 g/mol. The highest BCUT2D eigenvalue weighted by atomic mass is 35.5. The van der Waals surface area contributed by atoms with Gasteiger partial charge in [-0.05, 0) is 24.1 Å². The Balaban J connectivity index is 2.35. The fourth-order valence-electron chi connectivity index (χ4n) is 2.12. The van der Waals surface area contributed by atoms with Crippen LogP contribution in [-0.2, 0) is 16.0 Å². The Bertz CT molecular complexity index is 433. The molecule has 1 N–H and O–H groups in total. The summed E-state index contributed by atoms with van der Waals surface area (Å²) in [6.45, 7) is 1.97. The minimum absolute atomic E-state index is 0.220. The molecule has 1 atom stereocenters. The third-order valence-corrected chi connectivity index (χ3v) is 3.35. The van der Waals surface area contributed by atoms with Crippen molar-refractivity contribution in [3.8, 4) is 0 Å². The van der Waals surface area contributed by atoms with E-state index in [2.05, 4.69) is 5.32 Å². The van der Waals surface area contributed by atoms with Crippen molar-refractivity contribution in [2.75, 3.05) is 12.4 Å². The number of esters is 1. The zero-order chi connectivity index (χ0) is 11.8. The fourth-order valence-corrected chi connectivity index (χ4v) is 2.29. The summed E-state index contributed by atoms with van der Waals surface area (Å²) in [5, 5.41) is 3.90. The molecule has 0 aromatic heterocycles. The third kappa shape index (κ3) is 1.65. The molecule has 0 radical (unpaired) electrons. The van der Waals surface area contributed by atoms with Gasteiger partial charge in [0.25, 0.3) is 0 Å². The van der Waals surface area contributed by atoms with Gasteiger partial charge in [0.05, 0.1) is 7.11 Å². The van der Waals surface area contributed by atoms with Gasteiger partial charge in [-0.2, -0.15) is 0 Å². The smallest absolute Gasteiger partial charge is 0.331 e. The molecule has 4 heteroatoms. The van der Waals surface area contributed by atoms with E-state index in [-0.39, 0.29) is 5.97 Å². The highest BCUT2D eigenvalue weighted by molar-refractivity contribution is 6.30. The molecule has 1 heterocycles. The zero-order valence-electron chi connectivity index (χ0n) is 9.34. The Labute approximate surface area is 99.7 Å². The fraction of sp³-hybridized carbons (Fsp3) is 0.417. The van der Waals surface area contributed by atoms with Crippen molar-refractivity contribution in [2.24, 2.45) is 0 Å². The number of nitrogens with one attached hydrogen (secondary N) is 1. The summed E-state index contributed by atoms with van der Waals surface area (Å²) >= 11 is 5.92. The lowest BCUT2D eigenvalue weighted by atomic mass is 9.92. The highest BCUT2D eigenvalue weighted by Crippen LogP contribution is 2.36. The Kier molecular flexibility index (Phi) is 2.80. The molecule has 0 bridgehead atoms. The van der Waals surface area contributed by atoms with Gasteiger partial charge in [0.1, 0.15) is 5.54 Å². The molecule has 1 aromatic carbocycles. The monoisotopic (exact) mass is 239 g/mol. The van der Waals surface area contributed by atoms with Crippen molar-refractivity contribution in [3.05, 3.63) is 28.8 Å². The van der Waals surface area contributed by atoms with Crippen molar-refractivity contribution < 1.29 is 9.53 Å². The van der Waals surface area contributed by atoms with Crippen molar-refractivity contribution in [2.45, 2.75) is 25.3 Å². The topological polar surface area (TPSA) is 38.3 Å². The van der Waals surface area contributed by atoms with Crippen LogP contribution in [0.2, 0.25) is 5.02 Å². The van der Waals surface area contributed by atoms with E-state index >= 15 is 0 Å². The summed E-state index contributed by atoms with van der Waals surface area (Å²) in [5.41, 5.74) is 1.42. The van der Waals surface area contributed by atoms with Crippen LogP contribution in [-0.4, -0.2) is 18.6 Å². The first-order valence-electron chi connectivity index (χ1n) is 5.26. The first-order chi connectivity index (χ1) is 7.61. The normalized spacial score (nSPS) is 22.4. The van der Waals surface area contributed by atoms with Gasteiger partial charge in [0, 0.05) is 17.1 Å². The van der Waals surface area contributed by atoms with E-state index in [9.17, 15) is 4.79 Å². The van der Waals surface area contributed by atoms with E-state index in [1.54, 1.807) is 0 Å². The van der Waals surface area contributed by atoms with Crippen LogP contribution in [0.1, 0.15) is 18.9 Å². The Morgan fingerprint density at radius 1 is 1.62 bits per heavy atom. The first-order valence-corrected chi connectivity index (χ1v) is 5.64. The molecule has 0 aliphatic carbocycles. The van der Waals surface area contributed by atoms with Crippen molar-refractivity contribution >= 4 is 23.3 Å². The Hall–Kier alpha value is -1.22. The molecule has 0 amide bonds. The summed E-state index contributed by atoms with van der Waals surface area (Å²) in [6, 6.07) is 5.63. The molecule has 1 unspecified atom stereocenters. The van der Waals surface area contributed by atoms with Crippen LogP contribution >= 0.6 is 11.6 Å². The van der Waals surface area contributed by atoms with E-state index in [0.717, 1.165) is 11.3 Å². The molecule has 1 aliphatic heterocycles. The lowest BCUT2D eigenvalue weighted by Gasteiger charge is -2.25. The zero-order valence-corrected chi connectivity index (χ0v) is 10.1. The largest absolute Gasteiger partial charge is 0.467 e. The number of ether oxygens (including phenoxy) is 1. The number of rotatable bonds is 2. The molecule has 0 saturated carbocycles. The van der Waals surface area contributed by atoms with Gasteiger partial charge in [-0.15, -0.1) is 0 Å². The van der Waals surface area contributed by atoms with Crippen LogP contribution in [0.4, 0.5) is 5.69 Å². The second-order valence-electron chi connectivity index (χ2n) is 4.03. The first kappa shape index (κ1) is 11.3. The SMILES string of the molecule is CCC1(C(=O)OC)Cc2ccc(Cl)cc2N1. The molecule has 1 aromatic rings. The molecule has 1 aliphatic rings. The average Bonchev–Trinajstić information content (AvgIpc) is 2.67. The third-order valence-electron chi connectivity index (χ3n) is 3.12. The summed E-state index contributed by atoms with van der Waals surface area (Å²) in [4.78, 5) is 11.8. The summed E-state index contributed by atoms with van der Waals surface area (Å²) in [5.74, 6) is -0.220. The highest BCUT2D eigenvalue weighted by Gasteiger charge is 2.43. The lowest BCUT2D eigenvalue weighted by molar-refractivity contribution is -0.145. The minimum Gasteiger partial charge on any atom is -0.467 e. The maximum Gasteiger partial charge on any atom is 0.331 e. The van der Waals surface area contributed by atoms with Gasteiger partial charge in [-0.25, -0.2) is 4.79 Å².